The van der Waals surface area contributed by atoms with Gasteiger partial charge < -0.3 is 0 Å². The summed E-state index contributed by atoms with van der Waals surface area (Å²) in [4.78, 5) is -0.336. The monoisotopic (exact) mass is 440 g/mol. The molecule has 10 heteroatoms. The molecule has 0 saturated carbocycles. The molecule has 0 unspecified atom stereocenters. The molecule has 0 aliphatic heterocycles. The Morgan fingerprint density at radius 3 is 1.89 bits per heavy atom. The molecule has 0 aromatic heterocycles. The number of anilines is 2. The van der Waals surface area contributed by atoms with E-state index in [1.165, 1.54) is 24.3 Å². The van der Waals surface area contributed by atoms with Crippen LogP contribution >= 0.6 is 11.6 Å². The molecule has 0 aliphatic carbocycles. The molecule has 28 heavy (non-hydrogen) atoms. The third-order valence-electron chi connectivity index (χ3n) is 3.63. The first-order valence-corrected chi connectivity index (χ1v) is 11.2. The van der Waals surface area contributed by atoms with Gasteiger partial charge in [0.05, 0.1) is 9.92 Å². The van der Waals surface area contributed by atoms with Crippen molar-refractivity contribution in [2.24, 2.45) is 0 Å². The van der Waals surface area contributed by atoms with Gasteiger partial charge in [-0.15, -0.1) is 0 Å². The first-order valence-electron chi connectivity index (χ1n) is 7.83. The van der Waals surface area contributed by atoms with Crippen LogP contribution in [0.3, 0.4) is 0 Å². The SMILES string of the molecule is O=S(=O)(Nc1ccccc1)c1ccc(NS(=O)(=O)c2ccc(F)cc2Cl)cc1. The molecule has 0 saturated heterocycles. The zero-order valence-corrected chi connectivity index (χ0v) is 16.5. The largest absolute Gasteiger partial charge is 0.280 e. The average Bonchev–Trinajstić information content (AvgIpc) is 2.62. The van der Waals surface area contributed by atoms with Crippen molar-refractivity contribution in [3.8, 4) is 0 Å². The fourth-order valence-corrected chi connectivity index (χ4v) is 4.98. The molecule has 6 nitrogen and oxygen atoms in total. The molecule has 0 atom stereocenters. The van der Waals surface area contributed by atoms with Crippen LogP contribution in [0, 0.1) is 5.82 Å². The molecule has 3 aromatic rings. The Hall–Kier alpha value is -2.62. The summed E-state index contributed by atoms with van der Waals surface area (Å²) in [6, 6.07) is 16.4. The van der Waals surface area contributed by atoms with E-state index in [0.29, 0.717) is 5.69 Å². The first-order chi connectivity index (χ1) is 13.2. The maximum Gasteiger partial charge on any atom is 0.263 e. The lowest BCUT2D eigenvalue weighted by molar-refractivity contribution is 0.599. The lowest BCUT2D eigenvalue weighted by Gasteiger charge is -2.11. The molecule has 0 amide bonds. The van der Waals surface area contributed by atoms with Crippen molar-refractivity contribution >= 4 is 43.0 Å². The first kappa shape index (κ1) is 20.1. The number of halogens is 2. The van der Waals surface area contributed by atoms with Crippen molar-refractivity contribution in [2.75, 3.05) is 9.44 Å². The van der Waals surface area contributed by atoms with Gasteiger partial charge in [-0.25, -0.2) is 21.2 Å². The van der Waals surface area contributed by atoms with E-state index in [4.69, 9.17) is 11.6 Å². The minimum atomic E-state index is -4.07. The van der Waals surface area contributed by atoms with Crippen LogP contribution in [-0.4, -0.2) is 16.8 Å². The van der Waals surface area contributed by atoms with E-state index in [1.807, 2.05) is 0 Å². The van der Waals surface area contributed by atoms with Crippen LogP contribution in [0.15, 0.2) is 82.6 Å². The smallest absolute Gasteiger partial charge is 0.263 e. The van der Waals surface area contributed by atoms with Gasteiger partial charge in [0.2, 0.25) is 0 Å². The topological polar surface area (TPSA) is 92.3 Å². The number of benzene rings is 3. The fraction of sp³-hybridized carbons (Fsp3) is 0. The normalized spacial score (nSPS) is 11.8. The predicted molar refractivity (Wildman–Crippen MR) is 106 cm³/mol. The zero-order valence-electron chi connectivity index (χ0n) is 14.1. The summed E-state index contributed by atoms with van der Waals surface area (Å²) in [6.07, 6.45) is 0. The standard InChI is InChI=1S/C18H14ClFN2O4S2/c19-17-12-13(20)6-11-18(17)28(25,26)22-15-7-9-16(10-8-15)27(23,24)21-14-4-2-1-3-5-14/h1-12,21-22H. The molecule has 2 N–H and O–H groups in total. The average molecular weight is 441 g/mol. The lowest BCUT2D eigenvalue weighted by atomic mass is 10.3. The summed E-state index contributed by atoms with van der Waals surface area (Å²) in [5.74, 6) is -0.663. The van der Waals surface area contributed by atoms with Crippen LogP contribution < -0.4 is 9.44 Å². The molecule has 0 aliphatic rings. The van der Waals surface area contributed by atoms with Crippen molar-refractivity contribution in [1.82, 2.24) is 0 Å². The minimum Gasteiger partial charge on any atom is -0.280 e. The van der Waals surface area contributed by atoms with Gasteiger partial charge in [-0.3, -0.25) is 9.44 Å². The van der Waals surface area contributed by atoms with Gasteiger partial charge in [0.1, 0.15) is 10.7 Å². The Morgan fingerprint density at radius 2 is 1.29 bits per heavy atom. The van der Waals surface area contributed by atoms with Gasteiger partial charge >= 0.3 is 0 Å². The van der Waals surface area contributed by atoms with Crippen LogP contribution in [0.1, 0.15) is 0 Å². The fourth-order valence-electron chi connectivity index (χ4n) is 2.33. The Balaban J connectivity index is 1.81. The highest BCUT2D eigenvalue weighted by Gasteiger charge is 2.19. The lowest BCUT2D eigenvalue weighted by Crippen LogP contribution is -2.15. The van der Waals surface area contributed by atoms with Gasteiger partial charge in [-0.2, -0.15) is 0 Å². The second-order valence-corrected chi connectivity index (χ2v) is 9.42. The van der Waals surface area contributed by atoms with Crippen molar-refractivity contribution in [1.29, 1.82) is 0 Å². The van der Waals surface area contributed by atoms with E-state index in [-0.39, 0.29) is 20.5 Å². The molecule has 3 rings (SSSR count). The van der Waals surface area contributed by atoms with E-state index in [2.05, 4.69) is 9.44 Å². The number of sulfonamides is 2. The number of nitrogens with one attached hydrogen (secondary N) is 2. The van der Waals surface area contributed by atoms with E-state index in [9.17, 15) is 21.2 Å². The molecule has 0 heterocycles. The van der Waals surface area contributed by atoms with Crippen LogP contribution in [0.4, 0.5) is 15.8 Å². The van der Waals surface area contributed by atoms with Gasteiger partial charge in [0, 0.05) is 11.4 Å². The third-order valence-corrected chi connectivity index (χ3v) is 6.89. The second-order valence-electron chi connectivity index (χ2n) is 5.68. The van der Waals surface area contributed by atoms with Crippen molar-refractivity contribution in [3.05, 3.63) is 83.6 Å². The van der Waals surface area contributed by atoms with Crippen molar-refractivity contribution < 1.29 is 21.2 Å². The molecule has 0 radical (unpaired) electrons. The summed E-state index contributed by atoms with van der Waals surface area (Å²) < 4.78 is 67.4. The van der Waals surface area contributed by atoms with Gasteiger partial charge in [0.25, 0.3) is 20.0 Å². The Morgan fingerprint density at radius 1 is 0.714 bits per heavy atom. The maximum atomic E-state index is 13.1. The van der Waals surface area contributed by atoms with E-state index < -0.39 is 25.9 Å². The van der Waals surface area contributed by atoms with Gasteiger partial charge in [-0.05, 0) is 54.6 Å². The summed E-state index contributed by atoms with van der Waals surface area (Å²) in [5.41, 5.74) is 0.525. The summed E-state index contributed by atoms with van der Waals surface area (Å²) >= 11 is 5.80. The van der Waals surface area contributed by atoms with Gasteiger partial charge in [-0.1, -0.05) is 29.8 Å². The molecular weight excluding hydrogens is 427 g/mol. The van der Waals surface area contributed by atoms with Crippen molar-refractivity contribution in [3.63, 3.8) is 0 Å². The third kappa shape index (κ3) is 4.61. The predicted octanol–water partition coefficient (Wildman–Crippen LogP) is 4.08. The summed E-state index contributed by atoms with van der Waals surface area (Å²) in [6.45, 7) is 0. The van der Waals surface area contributed by atoms with Crippen LogP contribution in [0.5, 0.6) is 0 Å². The highest BCUT2D eigenvalue weighted by atomic mass is 35.5. The summed E-state index contributed by atoms with van der Waals surface area (Å²) in [7, 11) is -7.90. The summed E-state index contributed by atoms with van der Waals surface area (Å²) in [5, 5.41) is -0.265. The Labute approximate surface area is 167 Å². The van der Waals surface area contributed by atoms with Crippen LogP contribution in [-0.2, 0) is 20.0 Å². The van der Waals surface area contributed by atoms with E-state index in [1.54, 1.807) is 30.3 Å². The maximum absolute atomic E-state index is 13.1. The van der Waals surface area contributed by atoms with Crippen LogP contribution in [0.2, 0.25) is 5.02 Å². The van der Waals surface area contributed by atoms with E-state index in [0.717, 1.165) is 18.2 Å². The molecule has 146 valence electrons. The number of hydrogen-bond donors (Lipinski definition) is 2. The Kier molecular flexibility index (Phi) is 5.59. The molecule has 3 aromatic carbocycles. The molecule has 0 spiro atoms. The minimum absolute atomic E-state index is 0.0425. The molecular formula is C18H14ClFN2O4S2. The molecule has 0 bridgehead atoms. The molecule has 0 fully saturated rings. The number of rotatable bonds is 6. The second kappa shape index (κ2) is 7.78. The van der Waals surface area contributed by atoms with E-state index >= 15 is 0 Å². The van der Waals surface area contributed by atoms with Gasteiger partial charge in [0.15, 0.2) is 0 Å². The van der Waals surface area contributed by atoms with Crippen molar-refractivity contribution in [2.45, 2.75) is 9.79 Å². The quantitative estimate of drug-likeness (QED) is 0.604. The zero-order chi connectivity index (χ0) is 20.4. The highest BCUT2D eigenvalue weighted by molar-refractivity contribution is 7.93. The van der Waals surface area contributed by atoms with Crippen LogP contribution in [0.25, 0.3) is 0 Å². The Bertz CT molecular complexity index is 1200. The number of para-hydroxylation sites is 1. The number of hydrogen-bond acceptors (Lipinski definition) is 4. The highest BCUT2D eigenvalue weighted by Crippen LogP contribution is 2.25.